The summed E-state index contributed by atoms with van der Waals surface area (Å²) in [5.74, 6) is -0.981. The Hall–Kier alpha value is 0.00870. The van der Waals surface area contributed by atoms with Crippen LogP contribution in [0.15, 0.2) is 12.7 Å². The molecule has 0 aromatic heterocycles. The van der Waals surface area contributed by atoms with Gasteiger partial charge in [0.25, 0.3) is 0 Å². The first-order chi connectivity index (χ1) is 3.68. The fourth-order valence-corrected chi connectivity index (χ4v) is 0. The monoisotopic (exact) mass is 221 g/mol. The number of carbonyl (C=O) groups is 1. The van der Waals surface area contributed by atoms with E-state index >= 15 is 0 Å². The first kappa shape index (κ1) is 10.9. The summed E-state index contributed by atoms with van der Waals surface area (Å²) in [5, 5.41) is 7.60. The van der Waals surface area contributed by atoms with Crippen molar-refractivity contribution >= 4 is 28.5 Å². The minimum absolute atomic E-state index is 0.833. The van der Waals surface area contributed by atoms with Crippen LogP contribution >= 0.6 is 0 Å². The molecule has 1 N–H and O–H groups in total. The Kier molecular flexibility index (Phi) is 13.7. The molecule has 0 saturated carbocycles. The number of carboxylic acids is 1. The minimum atomic E-state index is -0.981. The molecule has 0 aliphatic rings. The summed E-state index contributed by atoms with van der Waals surface area (Å²) in [6.45, 7) is 5.13. The van der Waals surface area contributed by atoms with Crippen molar-refractivity contribution in [2.24, 2.45) is 0 Å². The van der Waals surface area contributed by atoms with Crippen LogP contribution in [0.3, 0.4) is 0 Å². The van der Waals surface area contributed by atoms with Crippen LogP contribution in [-0.2, 0) is 4.79 Å². The first-order valence-corrected chi connectivity index (χ1v) is 4.20. The van der Waals surface area contributed by atoms with E-state index in [4.69, 9.17) is 5.11 Å². The molecule has 0 aromatic rings. The van der Waals surface area contributed by atoms with Crippen LogP contribution in [0.1, 0.15) is 6.92 Å². The van der Waals surface area contributed by atoms with E-state index in [1.807, 2.05) is 0 Å². The summed E-state index contributed by atoms with van der Waals surface area (Å²) >= 11 is 1.64. The molecule has 0 unspecified atom stereocenters. The predicted octanol–water partition coefficient (Wildman–Crippen LogP) is 0.850. The van der Waals surface area contributed by atoms with Crippen LogP contribution in [0.25, 0.3) is 0 Å². The summed E-state index contributed by atoms with van der Waals surface area (Å²) in [5.41, 5.74) is 0. The molecule has 0 fully saturated rings. The van der Waals surface area contributed by atoms with Gasteiger partial charge in [-0.15, -0.1) is 0 Å². The molecule has 3 radical (unpaired) electrons. The van der Waals surface area contributed by atoms with E-state index in [0.29, 0.717) is 0 Å². The Bertz CT molecular complexity index is 70.8. The van der Waals surface area contributed by atoms with Crippen molar-refractivity contribution in [1.29, 1.82) is 0 Å². The molecule has 0 rings (SSSR count). The molecule has 0 saturated heterocycles. The van der Waals surface area contributed by atoms with Crippen molar-refractivity contribution in [1.82, 2.24) is 0 Å². The van der Waals surface area contributed by atoms with Crippen molar-refractivity contribution in [3.05, 3.63) is 12.7 Å². The van der Waals surface area contributed by atoms with Gasteiger partial charge < -0.3 is 5.11 Å². The molecular formula is C5H9O2Sn. The zero-order chi connectivity index (χ0) is 6.99. The third-order valence-electron chi connectivity index (χ3n) is 0.175. The van der Waals surface area contributed by atoms with Gasteiger partial charge >= 0.3 is 39.9 Å². The quantitative estimate of drug-likeness (QED) is 0.525. The molecule has 0 aliphatic carbocycles. The number of carboxylic acid groups (broad SMARTS) is 1. The van der Waals surface area contributed by atoms with Crippen LogP contribution in [0.4, 0.5) is 0 Å². The Balaban J connectivity index is 0. The summed E-state index contributed by atoms with van der Waals surface area (Å²) in [4.78, 5) is 9.25. The normalized spacial score (nSPS) is 6.25. The van der Waals surface area contributed by atoms with E-state index in [2.05, 4.69) is 13.5 Å². The van der Waals surface area contributed by atoms with E-state index in [0.717, 1.165) is 6.08 Å². The summed E-state index contributed by atoms with van der Waals surface area (Å²) < 4.78 is 1.34. The van der Waals surface area contributed by atoms with Crippen molar-refractivity contribution in [2.45, 2.75) is 11.4 Å². The maximum atomic E-state index is 9.25. The standard InChI is InChI=1S/C3H4O2.C2H5.Sn/c1-2-3(4)5;1-2;/h2H,1H2,(H,4,5);1H2,2H3;. The van der Waals surface area contributed by atoms with Gasteiger partial charge in [0.1, 0.15) is 0 Å². The molecule has 45 valence electrons. The SMILES string of the molecule is C=CC(=O)O.C[CH2][Sn]. The van der Waals surface area contributed by atoms with Gasteiger partial charge in [0.2, 0.25) is 0 Å². The molecule has 0 spiro atoms. The van der Waals surface area contributed by atoms with Crippen molar-refractivity contribution < 1.29 is 9.90 Å². The van der Waals surface area contributed by atoms with Gasteiger partial charge in [0.15, 0.2) is 0 Å². The predicted molar refractivity (Wildman–Crippen MR) is 34.1 cm³/mol. The molecule has 2 nitrogen and oxygen atoms in total. The summed E-state index contributed by atoms with van der Waals surface area (Å²) in [7, 11) is 0. The topological polar surface area (TPSA) is 37.3 Å². The van der Waals surface area contributed by atoms with Crippen molar-refractivity contribution in [3.63, 3.8) is 0 Å². The van der Waals surface area contributed by atoms with E-state index in [1.165, 1.54) is 4.44 Å². The van der Waals surface area contributed by atoms with E-state index in [1.54, 1.807) is 22.5 Å². The van der Waals surface area contributed by atoms with Crippen LogP contribution in [0, 0.1) is 0 Å². The second-order valence-corrected chi connectivity index (χ2v) is 2.91. The zero-order valence-electron chi connectivity index (χ0n) is 4.85. The molecule has 0 amide bonds. The number of hydrogen-bond donors (Lipinski definition) is 1. The van der Waals surface area contributed by atoms with Crippen LogP contribution in [0.2, 0.25) is 4.44 Å². The second-order valence-electron chi connectivity index (χ2n) is 0.896. The van der Waals surface area contributed by atoms with Gasteiger partial charge in [-0.05, 0) is 0 Å². The number of rotatable bonds is 1. The first-order valence-electron chi connectivity index (χ1n) is 2.19. The van der Waals surface area contributed by atoms with E-state index in [-0.39, 0.29) is 0 Å². The number of aliphatic carboxylic acids is 1. The molecule has 3 heteroatoms. The Labute approximate surface area is 62.7 Å². The average molecular weight is 220 g/mol. The maximum absolute atomic E-state index is 9.25. The zero-order valence-corrected chi connectivity index (χ0v) is 7.70. The van der Waals surface area contributed by atoms with Gasteiger partial charge in [0, 0.05) is 6.08 Å². The Morgan fingerprint density at radius 2 is 2.12 bits per heavy atom. The molecular weight excluding hydrogens is 211 g/mol. The van der Waals surface area contributed by atoms with Gasteiger partial charge in [-0.25, -0.2) is 4.79 Å². The third-order valence-corrected chi connectivity index (χ3v) is 0.175. The van der Waals surface area contributed by atoms with Gasteiger partial charge in [0.05, 0.1) is 0 Å². The molecule has 0 aliphatic heterocycles. The molecule has 0 heterocycles. The third kappa shape index (κ3) is 37.4. The van der Waals surface area contributed by atoms with E-state index < -0.39 is 5.97 Å². The van der Waals surface area contributed by atoms with Crippen LogP contribution in [-0.4, -0.2) is 33.6 Å². The van der Waals surface area contributed by atoms with Gasteiger partial charge in [-0.2, -0.15) is 0 Å². The second kappa shape index (κ2) is 10.1. The fraction of sp³-hybridized carbons (Fsp3) is 0.400. The number of hydrogen-bond acceptors (Lipinski definition) is 1. The Morgan fingerprint density at radius 3 is 2.12 bits per heavy atom. The Morgan fingerprint density at radius 1 is 2.00 bits per heavy atom. The van der Waals surface area contributed by atoms with E-state index in [9.17, 15) is 4.79 Å². The molecule has 0 atom stereocenters. The van der Waals surface area contributed by atoms with Crippen LogP contribution in [0.5, 0.6) is 0 Å². The van der Waals surface area contributed by atoms with Crippen LogP contribution < -0.4 is 0 Å². The van der Waals surface area contributed by atoms with Gasteiger partial charge in [-0.1, -0.05) is 6.58 Å². The van der Waals surface area contributed by atoms with Crippen molar-refractivity contribution in [3.8, 4) is 0 Å². The average Bonchev–Trinajstić information content (AvgIpc) is 1.69. The molecule has 0 aromatic carbocycles. The van der Waals surface area contributed by atoms with Crippen molar-refractivity contribution in [2.75, 3.05) is 0 Å². The summed E-state index contributed by atoms with van der Waals surface area (Å²) in [6, 6.07) is 0. The molecule has 0 bridgehead atoms. The van der Waals surface area contributed by atoms with Gasteiger partial charge in [-0.3, -0.25) is 0 Å². The fourth-order valence-electron chi connectivity index (χ4n) is 0. The summed E-state index contributed by atoms with van der Waals surface area (Å²) in [6.07, 6.45) is 0.833. The molecule has 8 heavy (non-hydrogen) atoms.